The summed E-state index contributed by atoms with van der Waals surface area (Å²) in [6.07, 6.45) is 0.0866. The molecule has 0 radical (unpaired) electrons. The lowest BCUT2D eigenvalue weighted by Gasteiger charge is -2.19. The normalized spacial score (nSPS) is 12.2. The van der Waals surface area contributed by atoms with Crippen LogP contribution < -0.4 is 10.9 Å². The Morgan fingerprint density at radius 1 is 1.00 bits per heavy atom. The van der Waals surface area contributed by atoms with Gasteiger partial charge in [-0.1, -0.05) is 62.4 Å². The maximum Gasteiger partial charge on any atom is 0.272 e. The number of aromatic nitrogens is 2. The van der Waals surface area contributed by atoms with Crippen molar-refractivity contribution in [2.75, 3.05) is 0 Å². The van der Waals surface area contributed by atoms with Crippen LogP contribution in [0.15, 0.2) is 70.8 Å². The zero-order valence-corrected chi connectivity index (χ0v) is 17.7. The first-order chi connectivity index (χ1) is 14.5. The van der Waals surface area contributed by atoms with Crippen molar-refractivity contribution in [3.8, 4) is 0 Å². The Labute approximate surface area is 178 Å². The molecule has 0 bridgehead atoms. The van der Waals surface area contributed by atoms with Crippen LogP contribution in [0.2, 0.25) is 0 Å². The molecular formula is C24H23N3O2S. The molecule has 152 valence electrons. The Hall–Kier alpha value is -3.25. The van der Waals surface area contributed by atoms with Gasteiger partial charge >= 0.3 is 0 Å². The average Bonchev–Trinajstić information content (AvgIpc) is 3.29. The lowest BCUT2D eigenvalue weighted by molar-refractivity contribution is -0.121. The summed E-state index contributed by atoms with van der Waals surface area (Å²) in [6, 6.07) is 19.4. The number of carbonyl (C=O) groups excluding carboxylic acids is 1. The van der Waals surface area contributed by atoms with Gasteiger partial charge in [0.05, 0.1) is 23.5 Å². The second-order valence-electron chi connectivity index (χ2n) is 7.56. The summed E-state index contributed by atoms with van der Waals surface area (Å²) in [5, 5.41) is 13.0. The van der Waals surface area contributed by atoms with Gasteiger partial charge in [-0.3, -0.25) is 9.59 Å². The molecule has 0 unspecified atom stereocenters. The Bertz CT molecular complexity index is 1210. The van der Waals surface area contributed by atoms with E-state index in [0.717, 1.165) is 10.4 Å². The van der Waals surface area contributed by atoms with Gasteiger partial charge in [-0.15, -0.1) is 11.3 Å². The van der Waals surface area contributed by atoms with Gasteiger partial charge in [0.25, 0.3) is 5.56 Å². The van der Waals surface area contributed by atoms with Gasteiger partial charge in [0.1, 0.15) is 0 Å². The van der Waals surface area contributed by atoms with E-state index in [-0.39, 0.29) is 23.9 Å². The highest BCUT2D eigenvalue weighted by molar-refractivity contribution is 7.10. The third-order valence-corrected chi connectivity index (χ3v) is 6.11. The minimum Gasteiger partial charge on any atom is -0.344 e. The minimum atomic E-state index is -0.253. The van der Waals surface area contributed by atoms with E-state index in [4.69, 9.17) is 0 Å². The SMILES string of the molecule is CC(C)c1ccc([C@H](NC(=O)Cc2n[nH]c(=O)c3ccccc23)c2cccs2)cc1. The van der Waals surface area contributed by atoms with E-state index in [0.29, 0.717) is 22.4 Å². The van der Waals surface area contributed by atoms with E-state index in [1.807, 2.05) is 29.6 Å². The van der Waals surface area contributed by atoms with Crippen molar-refractivity contribution in [3.05, 3.63) is 98.1 Å². The molecule has 2 aromatic carbocycles. The third kappa shape index (κ3) is 4.19. The summed E-state index contributed by atoms with van der Waals surface area (Å²) in [4.78, 5) is 26.0. The quantitative estimate of drug-likeness (QED) is 0.483. The molecule has 0 aliphatic heterocycles. The molecule has 2 heterocycles. The van der Waals surface area contributed by atoms with Crippen molar-refractivity contribution in [3.63, 3.8) is 0 Å². The number of H-pyrrole nitrogens is 1. The molecule has 5 nitrogen and oxygen atoms in total. The Morgan fingerprint density at radius 2 is 1.70 bits per heavy atom. The lowest BCUT2D eigenvalue weighted by Crippen LogP contribution is -2.30. The molecule has 0 spiro atoms. The van der Waals surface area contributed by atoms with Crippen LogP contribution in [0.5, 0.6) is 0 Å². The van der Waals surface area contributed by atoms with E-state index in [1.54, 1.807) is 23.5 Å². The molecule has 30 heavy (non-hydrogen) atoms. The van der Waals surface area contributed by atoms with Crippen LogP contribution in [0.3, 0.4) is 0 Å². The summed E-state index contributed by atoms with van der Waals surface area (Å²) in [5.74, 6) is 0.305. The molecule has 6 heteroatoms. The summed E-state index contributed by atoms with van der Waals surface area (Å²) in [6.45, 7) is 4.32. The molecule has 1 atom stereocenters. The number of benzene rings is 2. The fourth-order valence-corrected chi connectivity index (χ4v) is 4.32. The molecule has 0 saturated heterocycles. The van der Waals surface area contributed by atoms with E-state index >= 15 is 0 Å². The smallest absolute Gasteiger partial charge is 0.272 e. The van der Waals surface area contributed by atoms with Gasteiger partial charge < -0.3 is 5.32 Å². The molecule has 2 aromatic heterocycles. The number of aromatic amines is 1. The molecule has 0 aliphatic rings. The van der Waals surface area contributed by atoms with Crippen LogP contribution in [-0.4, -0.2) is 16.1 Å². The van der Waals surface area contributed by atoms with Crippen LogP contribution in [0.1, 0.15) is 47.5 Å². The second kappa shape index (κ2) is 8.63. The van der Waals surface area contributed by atoms with Crippen molar-refractivity contribution < 1.29 is 4.79 Å². The van der Waals surface area contributed by atoms with Crippen molar-refractivity contribution in [2.24, 2.45) is 0 Å². The highest BCUT2D eigenvalue weighted by Gasteiger charge is 2.19. The first-order valence-electron chi connectivity index (χ1n) is 9.92. The monoisotopic (exact) mass is 417 g/mol. The average molecular weight is 418 g/mol. The maximum absolute atomic E-state index is 13.0. The number of nitrogens with one attached hydrogen (secondary N) is 2. The number of fused-ring (bicyclic) bond motifs is 1. The van der Waals surface area contributed by atoms with Crippen LogP contribution in [0.25, 0.3) is 10.8 Å². The molecular weight excluding hydrogens is 394 g/mol. The highest BCUT2D eigenvalue weighted by atomic mass is 32.1. The van der Waals surface area contributed by atoms with Crippen LogP contribution in [0.4, 0.5) is 0 Å². The van der Waals surface area contributed by atoms with E-state index in [2.05, 4.69) is 53.6 Å². The molecule has 2 N–H and O–H groups in total. The molecule has 4 rings (SSSR count). The van der Waals surface area contributed by atoms with Crippen molar-refractivity contribution in [1.29, 1.82) is 0 Å². The van der Waals surface area contributed by atoms with E-state index in [9.17, 15) is 9.59 Å². The largest absolute Gasteiger partial charge is 0.344 e. The van der Waals surface area contributed by atoms with Gasteiger partial charge in [0.2, 0.25) is 5.91 Å². The summed E-state index contributed by atoms with van der Waals surface area (Å²) < 4.78 is 0. The van der Waals surface area contributed by atoms with Crippen molar-refractivity contribution >= 4 is 28.0 Å². The molecule has 0 fully saturated rings. The van der Waals surface area contributed by atoms with E-state index < -0.39 is 0 Å². The zero-order valence-electron chi connectivity index (χ0n) is 16.9. The number of nitrogens with zero attached hydrogens (tertiary/aromatic N) is 1. The van der Waals surface area contributed by atoms with Gasteiger partial charge in [-0.25, -0.2) is 5.10 Å². The predicted molar refractivity (Wildman–Crippen MR) is 121 cm³/mol. The number of hydrogen-bond acceptors (Lipinski definition) is 4. The van der Waals surface area contributed by atoms with Crippen LogP contribution >= 0.6 is 11.3 Å². The van der Waals surface area contributed by atoms with E-state index in [1.165, 1.54) is 5.56 Å². The summed E-state index contributed by atoms with van der Waals surface area (Å²) in [5.41, 5.74) is 2.60. The van der Waals surface area contributed by atoms with Crippen molar-refractivity contribution in [2.45, 2.75) is 32.2 Å². The summed E-state index contributed by atoms with van der Waals surface area (Å²) in [7, 11) is 0. The third-order valence-electron chi connectivity index (χ3n) is 5.17. The molecule has 1 amide bonds. The van der Waals surface area contributed by atoms with Gasteiger partial charge in [-0.2, -0.15) is 5.10 Å². The Kier molecular flexibility index (Phi) is 5.77. The number of hydrogen-bond donors (Lipinski definition) is 2. The fraction of sp³-hybridized carbons (Fsp3) is 0.208. The summed E-state index contributed by atoms with van der Waals surface area (Å²) >= 11 is 1.61. The first kappa shape index (κ1) is 20.0. The lowest BCUT2D eigenvalue weighted by atomic mass is 9.98. The molecule has 4 aromatic rings. The fourth-order valence-electron chi connectivity index (χ4n) is 3.52. The highest BCUT2D eigenvalue weighted by Crippen LogP contribution is 2.27. The van der Waals surface area contributed by atoms with Crippen LogP contribution in [0, 0.1) is 0 Å². The Balaban J connectivity index is 1.60. The number of amides is 1. The van der Waals surface area contributed by atoms with Gasteiger partial charge in [0, 0.05) is 10.3 Å². The first-order valence-corrected chi connectivity index (χ1v) is 10.8. The Morgan fingerprint density at radius 3 is 2.37 bits per heavy atom. The topological polar surface area (TPSA) is 74.8 Å². The van der Waals surface area contributed by atoms with Crippen LogP contribution in [-0.2, 0) is 11.2 Å². The molecule has 0 aliphatic carbocycles. The predicted octanol–water partition coefficient (Wildman–Crippen LogP) is 4.56. The van der Waals surface area contributed by atoms with Crippen molar-refractivity contribution in [1.82, 2.24) is 15.5 Å². The standard InChI is InChI=1S/C24H23N3O2S/c1-15(2)16-9-11-17(12-10-16)23(21-8-5-13-30-21)25-22(28)14-20-18-6-3-4-7-19(18)24(29)27-26-20/h3-13,15,23H,14H2,1-2H3,(H,25,28)(H,27,29)/t23-/m0/s1. The number of thiophene rings is 1. The number of carbonyl (C=O) groups is 1. The number of rotatable bonds is 6. The zero-order chi connectivity index (χ0) is 21.1. The molecule has 0 saturated carbocycles. The maximum atomic E-state index is 13.0. The second-order valence-corrected chi connectivity index (χ2v) is 8.54. The van der Waals surface area contributed by atoms with Gasteiger partial charge in [-0.05, 0) is 34.6 Å². The minimum absolute atomic E-state index is 0.0866. The van der Waals surface area contributed by atoms with Gasteiger partial charge in [0.15, 0.2) is 0 Å².